The van der Waals surface area contributed by atoms with E-state index in [2.05, 4.69) is 17.4 Å². The van der Waals surface area contributed by atoms with Crippen molar-refractivity contribution < 1.29 is 14.5 Å². The first kappa shape index (κ1) is 19.8. The Labute approximate surface area is 164 Å². The summed E-state index contributed by atoms with van der Waals surface area (Å²) < 4.78 is 1.23. The Morgan fingerprint density at radius 3 is 2.96 bits per heavy atom. The number of benzene rings is 1. The van der Waals surface area contributed by atoms with Gasteiger partial charge >= 0.3 is 0 Å². The first-order valence-corrected chi connectivity index (χ1v) is 10.6. The smallest absolute Gasteiger partial charge is 0.277 e. The van der Waals surface area contributed by atoms with Crippen LogP contribution in [-0.2, 0) is 9.59 Å². The Hall–Kier alpha value is -1.99. The maximum absolute atomic E-state index is 12.5. The summed E-state index contributed by atoms with van der Waals surface area (Å²) in [4.78, 5) is 32.0. The number of rotatable bonds is 7. The van der Waals surface area contributed by atoms with Crippen molar-refractivity contribution in [2.24, 2.45) is 0 Å². The highest BCUT2D eigenvalue weighted by molar-refractivity contribution is 7.18. The van der Waals surface area contributed by atoms with E-state index in [0.717, 1.165) is 37.9 Å². The van der Waals surface area contributed by atoms with E-state index in [4.69, 9.17) is 4.98 Å². The molecule has 2 atom stereocenters. The lowest BCUT2D eigenvalue weighted by molar-refractivity contribution is -0.898. The van der Waals surface area contributed by atoms with E-state index in [1.165, 1.54) is 14.6 Å². The van der Waals surface area contributed by atoms with Gasteiger partial charge in [-0.1, -0.05) is 19.1 Å². The van der Waals surface area contributed by atoms with Crippen molar-refractivity contribution in [3.05, 3.63) is 29.3 Å². The second-order valence-corrected chi connectivity index (χ2v) is 8.40. The molecular weight excluding hydrogens is 360 g/mol. The van der Waals surface area contributed by atoms with Gasteiger partial charge in [-0.2, -0.15) is 0 Å². The van der Waals surface area contributed by atoms with Crippen molar-refractivity contribution >= 4 is 33.4 Å². The van der Waals surface area contributed by atoms with Crippen molar-refractivity contribution in [1.82, 2.24) is 15.2 Å². The predicted molar refractivity (Wildman–Crippen MR) is 108 cm³/mol. The van der Waals surface area contributed by atoms with Crippen molar-refractivity contribution in [1.29, 1.82) is 0 Å². The number of fused-ring (bicyclic) bond motifs is 1. The molecule has 0 saturated carbocycles. The molecule has 1 aliphatic rings. The van der Waals surface area contributed by atoms with Gasteiger partial charge in [0, 0.05) is 13.6 Å². The Balaban J connectivity index is 1.54. The van der Waals surface area contributed by atoms with Crippen molar-refractivity contribution in [3.8, 4) is 0 Å². The fraction of sp³-hybridized carbons (Fsp3) is 0.550. The lowest BCUT2D eigenvalue weighted by Crippen LogP contribution is -3.14. The highest BCUT2D eigenvalue weighted by Crippen LogP contribution is 2.30. The number of likely N-dealkylation sites (N-methyl/N-ethyl adjacent to an activating group) is 1. The molecule has 0 radical (unpaired) electrons. The molecule has 1 aromatic heterocycles. The average molecular weight is 390 g/mol. The molecule has 0 spiro atoms. The maximum atomic E-state index is 12.5. The molecule has 1 aromatic carbocycles. The average Bonchev–Trinajstić information content (AvgIpc) is 3.11. The third kappa shape index (κ3) is 5.26. The fourth-order valence-electron chi connectivity index (χ4n) is 3.56. The molecule has 2 N–H and O–H groups in total. The number of likely N-dealkylation sites (tertiary alicyclic amines) is 1. The quantitative estimate of drug-likeness (QED) is 0.744. The first-order chi connectivity index (χ1) is 13.1. The molecule has 1 fully saturated rings. The highest BCUT2D eigenvalue weighted by Gasteiger charge is 2.29. The fourth-order valence-corrected chi connectivity index (χ4v) is 4.66. The van der Waals surface area contributed by atoms with Gasteiger partial charge in [-0.15, -0.1) is 11.3 Å². The van der Waals surface area contributed by atoms with Gasteiger partial charge in [-0.3, -0.25) is 9.59 Å². The largest absolute Gasteiger partial charge is 0.355 e. The van der Waals surface area contributed by atoms with Gasteiger partial charge in [0.25, 0.3) is 5.91 Å². The summed E-state index contributed by atoms with van der Waals surface area (Å²) >= 11 is 1.77. The minimum atomic E-state index is -0.0892. The van der Waals surface area contributed by atoms with Crippen LogP contribution in [0.25, 0.3) is 10.2 Å². The summed E-state index contributed by atoms with van der Waals surface area (Å²) in [5.41, 5.74) is 1.07. The summed E-state index contributed by atoms with van der Waals surface area (Å²) in [5.74, 6) is 0.354. The predicted octanol–water partition coefficient (Wildman–Crippen LogP) is 1.04. The van der Waals surface area contributed by atoms with Gasteiger partial charge in [0.2, 0.25) is 5.91 Å². The summed E-state index contributed by atoms with van der Waals surface area (Å²) in [7, 11) is 1.71. The summed E-state index contributed by atoms with van der Waals surface area (Å²) in [5, 5.41) is 4.00. The minimum absolute atomic E-state index is 0.0293. The van der Waals surface area contributed by atoms with Gasteiger partial charge in [-0.25, -0.2) is 4.98 Å². The number of para-hydroxylation sites is 1. The van der Waals surface area contributed by atoms with Gasteiger partial charge in [0.05, 0.1) is 35.8 Å². The molecule has 1 aliphatic heterocycles. The summed E-state index contributed by atoms with van der Waals surface area (Å²) in [6, 6.07) is 8.25. The number of hydrogen-bond donors (Lipinski definition) is 2. The van der Waals surface area contributed by atoms with Gasteiger partial charge in [0.1, 0.15) is 5.01 Å². The second kappa shape index (κ2) is 9.28. The Kier molecular flexibility index (Phi) is 6.79. The number of thiazole rings is 1. The van der Waals surface area contributed by atoms with Crippen molar-refractivity contribution in [2.75, 3.05) is 39.8 Å². The number of hydrogen-bond acceptors (Lipinski definition) is 4. The number of carbonyl (C=O) groups is 2. The van der Waals surface area contributed by atoms with E-state index >= 15 is 0 Å². The number of piperidine rings is 1. The first-order valence-electron chi connectivity index (χ1n) is 9.76. The second-order valence-electron chi connectivity index (χ2n) is 7.34. The van der Waals surface area contributed by atoms with Crippen LogP contribution < -0.4 is 10.2 Å². The monoisotopic (exact) mass is 389 g/mol. The van der Waals surface area contributed by atoms with E-state index in [1.807, 2.05) is 19.1 Å². The Morgan fingerprint density at radius 1 is 1.37 bits per heavy atom. The summed E-state index contributed by atoms with van der Waals surface area (Å²) in [6.45, 7) is 5.18. The van der Waals surface area contributed by atoms with Gasteiger partial charge in [0.15, 0.2) is 6.54 Å². The molecule has 1 saturated heterocycles. The lowest BCUT2D eigenvalue weighted by Gasteiger charge is -2.29. The standard InChI is InChI=1S/C20H28N4O2S/c1-3-10-21-18(25)13-23(2)19(26)14-24-11-6-7-15(12-24)20-22-16-8-4-5-9-17(16)27-20/h4-5,8-9,15H,3,6-7,10-14H2,1-2H3,(H,21,25)/p+1/t15-/m0/s1. The van der Waals surface area contributed by atoms with Gasteiger partial charge in [-0.05, 0) is 31.4 Å². The topological polar surface area (TPSA) is 66.7 Å². The van der Waals surface area contributed by atoms with Crippen LogP contribution in [-0.4, -0.2) is 61.5 Å². The van der Waals surface area contributed by atoms with E-state index in [0.29, 0.717) is 19.0 Å². The number of quaternary nitrogens is 1. The van der Waals surface area contributed by atoms with Crippen LogP contribution in [0.3, 0.4) is 0 Å². The Bertz CT molecular complexity index is 758. The molecule has 2 heterocycles. The molecule has 1 unspecified atom stereocenters. The van der Waals surface area contributed by atoms with Crippen LogP contribution in [0.2, 0.25) is 0 Å². The number of nitrogens with one attached hydrogen (secondary N) is 2. The lowest BCUT2D eigenvalue weighted by atomic mass is 9.99. The van der Waals surface area contributed by atoms with Crippen molar-refractivity contribution in [2.45, 2.75) is 32.1 Å². The van der Waals surface area contributed by atoms with E-state index in [-0.39, 0.29) is 18.4 Å². The molecule has 146 valence electrons. The highest BCUT2D eigenvalue weighted by atomic mass is 32.1. The molecule has 2 aromatic rings. The van der Waals surface area contributed by atoms with Gasteiger partial charge < -0.3 is 15.1 Å². The molecule has 2 amide bonds. The van der Waals surface area contributed by atoms with Crippen LogP contribution in [0.5, 0.6) is 0 Å². The van der Waals surface area contributed by atoms with Crippen LogP contribution in [0.4, 0.5) is 0 Å². The third-order valence-electron chi connectivity index (χ3n) is 5.06. The molecule has 6 nitrogen and oxygen atoms in total. The minimum Gasteiger partial charge on any atom is -0.355 e. The molecule has 0 aliphatic carbocycles. The molecule has 7 heteroatoms. The number of aromatic nitrogens is 1. The number of amides is 2. The summed E-state index contributed by atoms with van der Waals surface area (Å²) in [6.07, 6.45) is 3.13. The zero-order valence-corrected chi connectivity index (χ0v) is 17.0. The Morgan fingerprint density at radius 2 is 2.19 bits per heavy atom. The zero-order valence-electron chi connectivity index (χ0n) is 16.2. The van der Waals surface area contributed by atoms with E-state index < -0.39 is 0 Å². The van der Waals surface area contributed by atoms with Crippen molar-refractivity contribution in [3.63, 3.8) is 0 Å². The van der Waals surface area contributed by atoms with E-state index in [1.54, 1.807) is 23.3 Å². The van der Waals surface area contributed by atoms with E-state index in [9.17, 15) is 9.59 Å². The van der Waals surface area contributed by atoms with Crippen LogP contribution in [0.15, 0.2) is 24.3 Å². The third-order valence-corrected chi connectivity index (χ3v) is 6.26. The normalized spacial score (nSPS) is 19.8. The molecular formula is C20H29N4O2S+. The van der Waals surface area contributed by atoms with Crippen LogP contribution >= 0.6 is 11.3 Å². The number of nitrogens with zero attached hydrogens (tertiary/aromatic N) is 2. The van der Waals surface area contributed by atoms with Crippen LogP contribution in [0, 0.1) is 0 Å². The molecule has 27 heavy (non-hydrogen) atoms. The SMILES string of the molecule is CCCNC(=O)CN(C)C(=O)C[NH+]1CCC[C@H](c2nc3ccccc3s2)C1. The van der Waals surface area contributed by atoms with Crippen LogP contribution in [0.1, 0.15) is 37.1 Å². The zero-order chi connectivity index (χ0) is 19.2. The molecule has 3 rings (SSSR count). The number of carbonyl (C=O) groups excluding carboxylic acids is 2. The molecule has 0 bridgehead atoms. The maximum Gasteiger partial charge on any atom is 0.277 e.